The van der Waals surface area contributed by atoms with E-state index in [0.717, 1.165) is 19.3 Å². The van der Waals surface area contributed by atoms with Crippen LogP contribution in [0.3, 0.4) is 0 Å². The highest BCUT2D eigenvalue weighted by atomic mass is 15.0. The topological polar surface area (TPSA) is 78.1 Å². The summed E-state index contributed by atoms with van der Waals surface area (Å²) in [6.45, 7) is 2.47. The maximum absolute atomic E-state index is 5.55. The van der Waals surface area contributed by atoms with Crippen LogP contribution in [0.1, 0.15) is 26.2 Å². The molecular formula is C6H17N3. The van der Waals surface area contributed by atoms with Gasteiger partial charge >= 0.3 is 0 Å². The second-order valence-corrected chi connectivity index (χ2v) is 2.54. The van der Waals surface area contributed by atoms with Crippen molar-refractivity contribution in [2.24, 2.45) is 17.2 Å². The van der Waals surface area contributed by atoms with E-state index in [1.165, 1.54) is 0 Å². The van der Waals surface area contributed by atoms with Crippen molar-refractivity contribution in [2.45, 2.75) is 31.8 Å². The Kier molecular flexibility index (Phi) is 3.77. The molecular weight excluding hydrogens is 114 g/mol. The fraction of sp³-hybridized carbons (Fsp3) is 1.00. The Labute approximate surface area is 56.6 Å². The van der Waals surface area contributed by atoms with Gasteiger partial charge in [0, 0.05) is 6.54 Å². The molecule has 56 valence electrons. The average Bonchev–Trinajstić information content (AvgIpc) is 1.84. The lowest BCUT2D eigenvalue weighted by Gasteiger charge is -2.21. The van der Waals surface area contributed by atoms with Crippen LogP contribution in [0.2, 0.25) is 0 Å². The van der Waals surface area contributed by atoms with Gasteiger partial charge < -0.3 is 17.2 Å². The highest BCUT2D eigenvalue weighted by Gasteiger charge is 2.14. The van der Waals surface area contributed by atoms with Crippen molar-refractivity contribution in [1.82, 2.24) is 0 Å². The van der Waals surface area contributed by atoms with Gasteiger partial charge in [-0.05, 0) is 6.42 Å². The highest BCUT2D eigenvalue weighted by Crippen LogP contribution is 2.02. The van der Waals surface area contributed by atoms with E-state index in [4.69, 9.17) is 17.2 Å². The zero-order valence-corrected chi connectivity index (χ0v) is 6.06. The van der Waals surface area contributed by atoms with Crippen molar-refractivity contribution >= 4 is 0 Å². The Balaban J connectivity index is 3.33. The molecule has 0 bridgehead atoms. The maximum Gasteiger partial charge on any atom is 0.0762 e. The van der Waals surface area contributed by atoms with E-state index in [-0.39, 0.29) is 0 Å². The van der Waals surface area contributed by atoms with Gasteiger partial charge in [-0.2, -0.15) is 0 Å². The minimum absolute atomic E-state index is 0.368. The van der Waals surface area contributed by atoms with Crippen molar-refractivity contribution in [3.8, 4) is 0 Å². The molecule has 0 unspecified atom stereocenters. The fourth-order valence-electron chi connectivity index (χ4n) is 0.608. The maximum atomic E-state index is 5.55. The molecule has 0 atom stereocenters. The lowest BCUT2D eigenvalue weighted by molar-refractivity contribution is 0.404. The lowest BCUT2D eigenvalue weighted by Crippen LogP contribution is -2.55. The van der Waals surface area contributed by atoms with Gasteiger partial charge in [0.15, 0.2) is 0 Å². The van der Waals surface area contributed by atoms with Gasteiger partial charge in [-0.15, -0.1) is 0 Å². The van der Waals surface area contributed by atoms with Crippen LogP contribution in [-0.2, 0) is 0 Å². The van der Waals surface area contributed by atoms with Gasteiger partial charge in [0.05, 0.1) is 5.66 Å². The van der Waals surface area contributed by atoms with Gasteiger partial charge in [-0.1, -0.05) is 19.8 Å². The van der Waals surface area contributed by atoms with Crippen LogP contribution in [-0.4, -0.2) is 12.2 Å². The van der Waals surface area contributed by atoms with Crippen LogP contribution >= 0.6 is 0 Å². The fourth-order valence-corrected chi connectivity index (χ4v) is 0.608. The monoisotopic (exact) mass is 131 g/mol. The molecule has 0 aliphatic rings. The number of nitrogens with two attached hydrogens (primary N) is 3. The minimum atomic E-state index is -0.629. The Morgan fingerprint density at radius 1 is 1.33 bits per heavy atom. The first-order chi connectivity index (χ1) is 4.12. The molecule has 0 aliphatic carbocycles. The quantitative estimate of drug-likeness (QED) is 0.460. The molecule has 3 heteroatoms. The minimum Gasteiger partial charge on any atom is -0.328 e. The standard InChI is InChI=1S/C6H17N3/c1-2-3-4-6(8,9)5-7/h2-5,7-9H2,1H3. The second-order valence-electron chi connectivity index (χ2n) is 2.54. The van der Waals surface area contributed by atoms with Crippen molar-refractivity contribution in [3.63, 3.8) is 0 Å². The highest BCUT2D eigenvalue weighted by molar-refractivity contribution is 4.76. The van der Waals surface area contributed by atoms with Gasteiger partial charge in [-0.25, -0.2) is 0 Å². The summed E-state index contributed by atoms with van der Waals surface area (Å²) in [6, 6.07) is 0. The van der Waals surface area contributed by atoms with E-state index >= 15 is 0 Å². The summed E-state index contributed by atoms with van der Waals surface area (Å²) in [6.07, 6.45) is 3.00. The lowest BCUT2D eigenvalue weighted by atomic mass is 10.1. The first-order valence-corrected chi connectivity index (χ1v) is 3.40. The predicted molar refractivity (Wildman–Crippen MR) is 39.7 cm³/mol. The van der Waals surface area contributed by atoms with Crippen LogP contribution < -0.4 is 17.2 Å². The smallest absolute Gasteiger partial charge is 0.0762 e. The Bertz CT molecular complexity index is 70.7. The number of rotatable bonds is 4. The third-order valence-corrected chi connectivity index (χ3v) is 1.38. The summed E-state index contributed by atoms with van der Waals surface area (Å²) in [4.78, 5) is 0. The molecule has 0 saturated heterocycles. The third-order valence-electron chi connectivity index (χ3n) is 1.38. The van der Waals surface area contributed by atoms with Gasteiger partial charge in [-0.3, -0.25) is 0 Å². The zero-order chi connectivity index (χ0) is 7.33. The Morgan fingerprint density at radius 2 is 1.89 bits per heavy atom. The van der Waals surface area contributed by atoms with Crippen molar-refractivity contribution in [1.29, 1.82) is 0 Å². The molecule has 0 fully saturated rings. The Hall–Kier alpha value is -0.120. The molecule has 0 spiro atoms. The number of hydrogen-bond acceptors (Lipinski definition) is 3. The molecule has 0 aromatic heterocycles. The normalized spacial score (nSPS) is 12.0. The van der Waals surface area contributed by atoms with Gasteiger partial charge in [0.25, 0.3) is 0 Å². The zero-order valence-electron chi connectivity index (χ0n) is 6.06. The molecule has 0 aliphatic heterocycles. The van der Waals surface area contributed by atoms with E-state index in [2.05, 4.69) is 6.92 Å². The number of hydrogen-bond donors (Lipinski definition) is 3. The third kappa shape index (κ3) is 4.39. The number of unbranched alkanes of at least 4 members (excludes halogenated alkanes) is 1. The molecule has 0 aromatic rings. The van der Waals surface area contributed by atoms with Gasteiger partial charge in [0.2, 0.25) is 0 Å². The van der Waals surface area contributed by atoms with Crippen LogP contribution in [0, 0.1) is 0 Å². The first kappa shape index (κ1) is 8.88. The molecule has 9 heavy (non-hydrogen) atoms. The summed E-state index contributed by atoms with van der Waals surface area (Å²) < 4.78 is 0. The van der Waals surface area contributed by atoms with E-state index in [0.29, 0.717) is 6.54 Å². The van der Waals surface area contributed by atoms with Crippen molar-refractivity contribution in [2.75, 3.05) is 6.54 Å². The van der Waals surface area contributed by atoms with Crippen molar-refractivity contribution < 1.29 is 0 Å². The van der Waals surface area contributed by atoms with E-state index < -0.39 is 5.66 Å². The van der Waals surface area contributed by atoms with Crippen molar-refractivity contribution in [3.05, 3.63) is 0 Å². The summed E-state index contributed by atoms with van der Waals surface area (Å²) in [5, 5.41) is 0. The van der Waals surface area contributed by atoms with E-state index in [1.807, 2.05) is 0 Å². The van der Waals surface area contributed by atoms with Gasteiger partial charge in [0.1, 0.15) is 0 Å². The van der Waals surface area contributed by atoms with E-state index in [1.54, 1.807) is 0 Å². The molecule has 6 N–H and O–H groups in total. The van der Waals surface area contributed by atoms with E-state index in [9.17, 15) is 0 Å². The predicted octanol–water partition coefficient (Wildman–Crippen LogP) is -0.251. The van der Waals surface area contributed by atoms with Crippen LogP contribution in [0.5, 0.6) is 0 Å². The molecule has 0 radical (unpaired) electrons. The SMILES string of the molecule is CCCCC(N)(N)CN. The average molecular weight is 131 g/mol. The molecule has 0 heterocycles. The van der Waals surface area contributed by atoms with Crippen LogP contribution in [0.4, 0.5) is 0 Å². The molecule has 0 saturated carbocycles. The molecule has 0 rings (SSSR count). The summed E-state index contributed by atoms with van der Waals surface area (Å²) in [5.41, 5.74) is 15.8. The molecule has 0 amide bonds. The Morgan fingerprint density at radius 3 is 2.22 bits per heavy atom. The summed E-state index contributed by atoms with van der Waals surface area (Å²) in [7, 11) is 0. The first-order valence-electron chi connectivity index (χ1n) is 3.40. The summed E-state index contributed by atoms with van der Waals surface area (Å²) in [5.74, 6) is 0. The second kappa shape index (κ2) is 3.82. The summed E-state index contributed by atoms with van der Waals surface area (Å²) >= 11 is 0. The van der Waals surface area contributed by atoms with Crippen LogP contribution in [0.25, 0.3) is 0 Å². The molecule has 0 aromatic carbocycles. The van der Waals surface area contributed by atoms with Crippen LogP contribution in [0.15, 0.2) is 0 Å². The molecule has 3 nitrogen and oxygen atoms in total. The largest absolute Gasteiger partial charge is 0.328 e.